The number of hydrogen-bond donors (Lipinski definition) is 1. The SMILES string of the molecule is CC[C@H](C)NC(=O)[C@@H](Cc1ccccc1)N(Cc1ccc(C)cc1)C(=O)CN(c1ccc(Cl)cc1C)S(C)(=O)=O. The highest BCUT2D eigenvalue weighted by Crippen LogP contribution is 2.26. The van der Waals surface area contributed by atoms with Gasteiger partial charge in [0.05, 0.1) is 11.9 Å². The van der Waals surface area contributed by atoms with Crippen LogP contribution in [-0.2, 0) is 32.6 Å². The fourth-order valence-electron chi connectivity index (χ4n) is 4.38. The third kappa shape index (κ3) is 8.57. The maximum absolute atomic E-state index is 14.1. The van der Waals surface area contributed by atoms with E-state index in [2.05, 4.69) is 5.32 Å². The maximum atomic E-state index is 14.1. The third-order valence-electron chi connectivity index (χ3n) is 6.85. The lowest BCUT2D eigenvalue weighted by atomic mass is 10.0. The van der Waals surface area contributed by atoms with Crippen LogP contribution in [0.2, 0.25) is 5.02 Å². The molecule has 7 nitrogen and oxygen atoms in total. The van der Waals surface area contributed by atoms with E-state index in [1.54, 1.807) is 25.1 Å². The molecule has 2 amide bonds. The fourth-order valence-corrected chi connectivity index (χ4v) is 5.51. The van der Waals surface area contributed by atoms with E-state index in [1.165, 1.54) is 4.90 Å². The van der Waals surface area contributed by atoms with Crippen molar-refractivity contribution in [2.45, 2.75) is 59.2 Å². The molecule has 3 rings (SSSR count). The number of amides is 2. The van der Waals surface area contributed by atoms with E-state index >= 15 is 0 Å². The number of nitrogens with zero attached hydrogens (tertiary/aromatic N) is 2. The van der Waals surface area contributed by atoms with Gasteiger partial charge < -0.3 is 10.2 Å². The Hall–Kier alpha value is -3.36. The van der Waals surface area contributed by atoms with Crippen LogP contribution in [0, 0.1) is 13.8 Å². The molecule has 0 aliphatic rings. The van der Waals surface area contributed by atoms with Crippen molar-refractivity contribution in [2.75, 3.05) is 17.1 Å². The molecule has 9 heteroatoms. The van der Waals surface area contributed by atoms with Crippen LogP contribution in [-0.4, -0.2) is 50.0 Å². The molecule has 0 heterocycles. The molecular weight excluding hydrogens is 546 g/mol. The number of carbonyl (C=O) groups excluding carboxylic acids is 2. The Kier molecular flexibility index (Phi) is 10.8. The molecule has 0 aromatic heterocycles. The van der Waals surface area contributed by atoms with Gasteiger partial charge in [0.2, 0.25) is 21.8 Å². The quantitative estimate of drug-likeness (QED) is 0.314. The predicted molar refractivity (Wildman–Crippen MR) is 162 cm³/mol. The minimum absolute atomic E-state index is 0.0914. The van der Waals surface area contributed by atoms with E-state index in [0.29, 0.717) is 16.3 Å². The van der Waals surface area contributed by atoms with Crippen LogP contribution in [0.25, 0.3) is 0 Å². The second-order valence-electron chi connectivity index (χ2n) is 10.2. The zero-order valence-corrected chi connectivity index (χ0v) is 25.3. The van der Waals surface area contributed by atoms with Crippen LogP contribution in [0.15, 0.2) is 72.8 Å². The Morgan fingerprint density at radius 2 is 1.60 bits per heavy atom. The largest absolute Gasteiger partial charge is 0.352 e. The molecule has 0 bridgehead atoms. The number of rotatable bonds is 12. The maximum Gasteiger partial charge on any atom is 0.244 e. The number of benzene rings is 3. The first kappa shape index (κ1) is 31.2. The number of sulfonamides is 1. The Morgan fingerprint density at radius 1 is 0.950 bits per heavy atom. The number of halogens is 1. The van der Waals surface area contributed by atoms with Crippen LogP contribution in [0.5, 0.6) is 0 Å². The molecular formula is C31H38ClN3O4S. The molecule has 3 aromatic rings. The number of nitrogens with one attached hydrogen (secondary N) is 1. The van der Waals surface area contributed by atoms with Crippen molar-refractivity contribution in [3.63, 3.8) is 0 Å². The molecule has 1 N–H and O–H groups in total. The summed E-state index contributed by atoms with van der Waals surface area (Å²) in [5.41, 5.74) is 3.77. The summed E-state index contributed by atoms with van der Waals surface area (Å²) in [4.78, 5) is 29.3. The van der Waals surface area contributed by atoms with Crippen molar-refractivity contribution in [3.8, 4) is 0 Å². The van der Waals surface area contributed by atoms with Gasteiger partial charge in [-0.2, -0.15) is 0 Å². The highest BCUT2D eigenvalue weighted by atomic mass is 35.5. The molecule has 0 saturated carbocycles. The molecule has 0 fully saturated rings. The third-order valence-corrected chi connectivity index (χ3v) is 8.21. The molecule has 0 unspecified atom stereocenters. The number of carbonyl (C=O) groups is 2. The summed E-state index contributed by atoms with van der Waals surface area (Å²) in [5.74, 6) is -0.771. The first-order chi connectivity index (χ1) is 18.9. The van der Waals surface area contributed by atoms with Crippen LogP contribution < -0.4 is 9.62 Å². The molecule has 3 aromatic carbocycles. The number of hydrogen-bond acceptors (Lipinski definition) is 4. The standard InChI is InChI=1S/C31H38ClN3O4S/c1-6-24(4)33-31(37)29(19-25-10-8-7-9-11-25)34(20-26-14-12-22(2)13-15-26)30(36)21-35(40(5,38)39)28-17-16-27(32)18-23(28)3/h7-18,24,29H,6,19-21H2,1-5H3,(H,33,37)/t24-,29+/m0/s1. The van der Waals surface area contributed by atoms with E-state index in [0.717, 1.165) is 33.7 Å². The van der Waals surface area contributed by atoms with Gasteiger partial charge in [0.1, 0.15) is 12.6 Å². The minimum Gasteiger partial charge on any atom is -0.352 e. The molecule has 2 atom stereocenters. The first-order valence-electron chi connectivity index (χ1n) is 13.3. The van der Waals surface area contributed by atoms with Gasteiger partial charge in [-0.25, -0.2) is 8.42 Å². The Balaban J connectivity index is 2.07. The zero-order valence-electron chi connectivity index (χ0n) is 23.7. The van der Waals surface area contributed by atoms with E-state index in [-0.39, 0.29) is 24.9 Å². The van der Waals surface area contributed by atoms with Crippen LogP contribution >= 0.6 is 11.6 Å². The highest BCUT2D eigenvalue weighted by Gasteiger charge is 2.33. The lowest BCUT2D eigenvalue weighted by Crippen LogP contribution is -2.54. The van der Waals surface area contributed by atoms with Gasteiger partial charge in [-0.1, -0.05) is 78.7 Å². The van der Waals surface area contributed by atoms with E-state index in [1.807, 2.05) is 75.4 Å². The number of anilines is 1. The van der Waals surface area contributed by atoms with Crippen molar-refractivity contribution in [2.24, 2.45) is 0 Å². The molecule has 0 spiro atoms. The van der Waals surface area contributed by atoms with Crippen molar-refractivity contribution < 1.29 is 18.0 Å². The average molecular weight is 584 g/mol. The van der Waals surface area contributed by atoms with Gasteiger partial charge in [-0.05, 0) is 62.1 Å². The van der Waals surface area contributed by atoms with Gasteiger partial charge in [-0.15, -0.1) is 0 Å². The van der Waals surface area contributed by atoms with Crippen molar-refractivity contribution in [1.29, 1.82) is 0 Å². The second kappa shape index (κ2) is 13.8. The average Bonchev–Trinajstić information content (AvgIpc) is 2.90. The minimum atomic E-state index is -3.85. The van der Waals surface area contributed by atoms with Gasteiger partial charge >= 0.3 is 0 Å². The van der Waals surface area contributed by atoms with E-state index in [4.69, 9.17) is 11.6 Å². The molecule has 0 saturated heterocycles. The summed E-state index contributed by atoms with van der Waals surface area (Å²) in [5, 5.41) is 3.50. The highest BCUT2D eigenvalue weighted by molar-refractivity contribution is 7.92. The molecule has 40 heavy (non-hydrogen) atoms. The summed E-state index contributed by atoms with van der Waals surface area (Å²) in [6.45, 7) is 7.29. The first-order valence-corrected chi connectivity index (χ1v) is 15.5. The monoisotopic (exact) mass is 583 g/mol. The lowest BCUT2D eigenvalue weighted by Gasteiger charge is -2.34. The van der Waals surface area contributed by atoms with E-state index in [9.17, 15) is 18.0 Å². The Labute approximate surface area is 243 Å². The van der Waals surface area contributed by atoms with Crippen LogP contribution in [0.1, 0.15) is 42.5 Å². The van der Waals surface area contributed by atoms with Crippen molar-refractivity contribution in [1.82, 2.24) is 10.2 Å². The van der Waals surface area contributed by atoms with Gasteiger partial charge in [0.15, 0.2) is 0 Å². The summed E-state index contributed by atoms with van der Waals surface area (Å²) >= 11 is 6.11. The molecule has 214 valence electrons. The summed E-state index contributed by atoms with van der Waals surface area (Å²) in [7, 11) is -3.85. The molecule has 0 aliphatic heterocycles. The zero-order chi connectivity index (χ0) is 29.4. The number of aryl methyl sites for hydroxylation is 2. The Morgan fingerprint density at radius 3 is 2.17 bits per heavy atom. The molecule has 0 aliphatic carbocycles. The van der Waals surface area contributed by atoms with Crippen LogP contribution in [0.4, 0.5) is 5.69 Å². The lowest BCUT2D eigenvalue weighted by molar-refractivity contribution is -0.140. The Bertz CT molecular complexity index is 1410. The van der Waals surface area contributed by atoms with Gasteiger partial charge in [-0.3, -0.25) is 13.9 Å². The summed E-state index contributed by atoms with van der Waals surface area (Å²) < 4.78 is 27.0. The second-order valence-corrected chi connectivity index (χ2v) is 12.6. The molecule has 0 radical (unpaired) electrons. The topological polar surface area (TPSA) is 86.8 Å². The van der Waals surface area contributed by atoms with Crippen LogP contribution in [0.3, 0.4) is 0 Å². The fraction of sp³-hybridized carbons (Fsp3) is 0.355. The van der Waals surface area contributed by atoms with Gasteiger partial charge in [0, 0.05) is 24.0 Å². The van der Waals surface area contributed by atoms with Crippen molar-refractivity contribution in [3.05, 3.63) is 100 Å². The summed E-state index contributed by atoms with van der Waals surface area (Å²) in [6.07, 6.45) is 2.07. The van der Waals surface area contributed by atoms with E-state index < -0.39 is 28.5 Å². The normalized spacial score (nSPS) is 12.8. The predicted octanol–water partition coefficient (Wildman–Crippen LogP) is 5.28. The van der Waals surface area contributed by atoms with Gasteiger partial charge in [0.25, 0.3) is 0 Å². The summed E-state index contributed by atoms with van der Waals surface area (Å²) in [6, 6.07) is 21.1. The van der Waals surface area contributed by atoms with Crippen molar-refractivity contribution >= 4 is 39.1 Å². The smallest absolute Gasteiger partial charge is 0.244 e.